The smallest absolute Gasteiger partial charge is 0.310 e. The van der Waals surface area contributed by atoms with Gasteiger partial charge in [-0.25, -0.2) is 0 Å². The lowest BCUT2D eigenvalue weighted by Gasteiger charge is -2.18. The van der Waals surface area contributed by atoms with Crippen LogP contribution in [-0.2, 0) is 4.79 Å². The van der Waals surface area contributed by atoms with Crippen LogP contribution in [0, 0.1) is 5.92 Å². The van der Waals surface area contributed by atoms with Crippen molar-refractivity contribution in [3.63, 3.8) is 0 Å². The molecular formula is C19H25ClO2S. The van der Waals surface area contributed by atoms with Crippen LogP contribution in [-0.4, -0.2) is 16.3 Å². The first-order chi connectivity index (χ1) is 11.1. The fourth-order valence-corrected chi connectivity index (χ4v) is 5.54. The molecule has 2 fully saturated rings. The highest BCUT2D eigenvalue weighted by molar-refractivity contribution is 8.00. The van der Waals surface area contributed by atoms with E-state index in [0.29, 0.717) is 11.2 Å². The summed E-state index contributed by atoms with van der Waals surface area (Å²) in [6, 6.07) is 5.91. The van der Waals surface area contributed by atoms with Gasteiger partial charge in [0.15, 0.2) is 0 Å². The van der Waals surface area contributed by atoms with E-state index in [0.717, 1.165) is 21.9 Å². The highest BCUT2D eigenvalue weighted by atomic mass is 35.5. The van der Waals surface area contributed by atoms with Crippen LogP contribution in [0.3, 0.4) is 0 Å². The number of benzene rings is 1. The minimum atomic E-state index is -0.718. The highest BCUT2D eigenvalue weighted by Gasteiger charge is 2.27. The molecular weight excluding hydrogens is 328 g/mol. The van der Waals surface area contributed by atoms with Crippen LogP contribution in [0.1, 0.15) is 69.3 Å². The molecule has 2 aliphatic carbocycles. The van der Waals surface area contributed by atoms with E-state index >= 15 is 0 Å². The van der Waals surface area contributed by atoms with E-state index in [1.807, 2.05) is 30.0 Å². The lowest BCUT2D eigenvalue weighted by atomic mass is 9.88. The van der Waals surface area contributed by atoms with Crippen molar-refractivity contribution in [2.75, 3.05) is 0 Å². The first kappa shape index (κ1) is 17.2. The zero-order valence-electron chi connectivity index (χ0n) is 13.5. The normalized spacial score (nSPS) is 20.9. The monoisotopic (exact) mass is 352 g/mol. The summed E-state index contributed by atoms with van der Waals surface area (Å²) in [4.78, 5) is 12.8. The zero-order valence-corrected chi connectivity index (χ0v) is 15.0. The number of halogens is 1. The van der Waals surface area contributed by atoms with Crippen LogP contribution >= 0.6 is 23.4 Å². The van der Waals surface area contributed by atoms with Crippen molar-refractivity contribution < 1.29 is 9.90 Å². The van der Waals surface area contributed by atoms with Crippen molar-refractivity contribution in [2.45, 2.75) is 73.9 Å². The Morgan fingerprint density at radius 2 is 1.83 bits per heavy atom. The van der Waals surface area contributed by atoms with Crippen LogP contribution < -0.4 is 0 Å². The molecule has 0 bridgehead atoms. The lowest BCUT2D eigenvalue weighted by molar-refractivity contribution is -0.139. The van der Waals surface area contributed by atoms with Gasteiger partial charge in [-0.05, 0) is 42.9 Å². The van der Waals surface area contributed by atoms with E-state index in [9.17, 15) is 9.90 Å². The maximum atomic E-state index is 11.7. The molecule has 3 rings (SSSR count). The number of aliphatic carboxylic acids is 1. The summed E-state index contributed by atoms with van der Waals surface area (Å²) in [5.41, 5.74) is 0.866. The largest absolute Gasteiger partial charge is 0.481 e. The van der Waals surface area contributed by atoms with E-state index in [1.165, 1.54) is 51.4 Å². The maximum Gasteiger partial charge on any atom is 0.310 e. The van der Waals surface area contributed by atoms with Crippen LogP contribution in [0.2, 0.25) is 5.02 Å². The van der Waals surface area contributed by atoms with Gasteiger partial charge in [0, 0.05) is 10.1 Å². The SMILES string of the molecule is O=C(O)[C@H](CC1CCCC1)c1ccc(SC2CCCC2)c(Cl)c1. The highest BCUT2D eigenvalue weighted by Crippen LogP contribution is 2.40. The number of carboxylic acids is 1. The molecule has 0 saturated heterocycles. The Hall–Kier alpha value is -0.670. The number of thioether (sulfide) groups is 1. The van der Waals surface area contributed by atoms with Gasteiger partial charge in [-0.1, -0.05) is 56.2 Å². The summed E-state index contributed by atoms with van der Waals surface area (Å²) in [6.45, 7) is 0. The number of carboxylic acid groups (broad SMARTS) is 1. The number of rotatable bonds is 6. The van der Waals surface area contributed by atoms with Gasteiger partial charge >= 0.3 is 5.97 Å². The molecule has 126 valence electrons. The molecule has 0 aliphatic heterocycles. The number of carbonyl (C=O) groups is 1. The van der Waals surface area contributed by atoms with Gasteiger partial charge in [-0.15, -0.1) is 11.8 Å². The fraction of sp³-hybridized carbons (Fsp3) is 0.632. The Kier molecular flexibility index (Phi) is 5.92. The van der Waals surface area contributed by atoms with Gasteiger partial charge in [0.2, 0.25) is 0 Å². The number of hydrogen-bond acceptors (Lipinski definition) is 2. The van der Waals surface area contributed by atoms with Gasteiger partial charge in [-0.3, -0.25) is 4.79 Å². The van der Waals surface area contributed by atoms with Crippen molar-refractivity contribution in [1.29, 1.82) is 0 Å². The van der Waals surface area contributed by atoms with E-state index in [-0.39, 0.29) is 0 Å². The third-order valence-corrected chi connectivity index (χ3v) is 7.14. The van der Waals surface area contributed by atoms with Crippen molar-refractivity contribution in [2.24, 2.45) is 5.92 Å². The first-order valence-electron chi connectivity index (χ1n) is 8.82. The summed E-state index contributed by atoms with van der Waals surface area (Å²) in [7, 11) is 0. The van der Waals surface area contributed by atoms with Gasteiger partial charge in [0.25, 0.3) is 0 Å². The maximum absolute atomic E-state index is 11.7. The molecule has 0 amide bonds. The van der Waals surface area contributed by atoms with Crippen LogP contribution in [0.15, 0.2) is 23.1 Å². The Morgan fingerprint density at radius 3 is 2.43 bits per heavy atom. The Balaban J connectivity index is 1.71. The van der Waals surface area contributed by atoms with Crippen molar-refractivity contribution >= 4 is 29.3 Å². The van der Waals surface area contributed by atoms with Crippen LogP contribution in [0.5, 0.6) is 0 Å². The third-order valence-electron chi connectivity index (χ3n) is 5.30. The molecule has 1 aromatic rings. The minimum Gasteiger partial charge on any atom is -0.481 e. The second kappa shape index (κ2) is 7.94. The minimum absolute atomic E-state index is 0.416. The molecule has 1 N–H and O–H groups in total. The molecule has 0 unspecified atom stereocenters. The third kappa shape index (κ3) is 4.45. The summed E-state index contributed by atoms with van der Waals surface area (Å²) in [6.07, 6.45) is 10.8. The molecule has 2 saturated carbocycles. The molecule has 0 spiro atoms. The van der Waals surface area contributed by atoms with Gasteiger partial charge in [-0.2, -0.15) is 0 Å². The standard InChI is InChI=1S/C19H25ClO2S/c20-17-12-14(9-10-18(17)23-15-7-3-4-8-15)16(19(21)22)11-13-5-1-2-6-13/h9-10,12-13,15-16H,1-8,11H2,(H,21,22)/t16-/m1/s1. The first-order valence-corrected chi connectivity index (χ1v) is 10.1. The predicted molar refractivity (Wildman–Crippen MR) is 96.5 cm³/mol. The zero-order chi connectivity index (χ0) is 16.2. The van der Waals surface area contributed by atoms with Crippen LogP contribution in [0.4, 0.5) is 0 Å². The summed E-state index contributed by atoms with van der Waals surface area (Å²) in [5, 5.41) is 11.0. The summed E-state index contributed by atoms with van der Waals surface area (Å²) < 4.78 is 0. The Labute approximate surface area is 148 Å². The van der Waals surface area contributed by atoms with E-state index in [4.69, 9.17) is 11.6 Å². The van der Waals surface area contributed by atoms with Crippen molar-refractivity contribution in [3.8, 4) is 0 Å². The van der Waals surface area contributed by atoms with E-state index in [1.54, 1.807) is 0 Å². The van der Waals surface area contributed by atoms with Gasteiger partial charge < -0.3 is 5.11 Å². The molecule has 1 atom stereocenters. The molecule has 0 aromatic heterocycles. The Morgan fingerprint density at radius 1 is 1.17 bits per heavy atom. The second-order valence-corrected chi connectivity index (χ2v) is 8.74. The van der Waals surface area contributed by atoms with Crippen molar-refractivity contribution in [1.82, 2.24) is 0 Å². The second-order valence-electron chi connectivity index (χ2n) is 6.99. The lowest BCUT2D eigenvalue weighted by Crippen LogP contribution is -2.15. The molecule has 2 aliphatic rings. The van der Waals surface area contributed by atoms with E-state index < -0.39 is 11.9 Å². The molecule has 1 aromatic carbocycles. The molecule has 0 radical (unpaired) electrons. The molecule has 4 heteroatoms. The summed E-state index contributed by atoms with van der Waals surface area (Å²) >= 11 is 8.32. The molecule has 0 heterocycles. The number of hydrogen-bond donors (Lipinski definition) is 1. The van der Waals surface area contributed by atoms with Gasteiger partial charge in [0.05, 0.1) is 10.9 Å². The van der Waals surface area contributed by atoms with Gasteiger partial charge in [0.1, 0.15) is 0 Å². The topological polar surface area (TPSA) is 37.3 Å². The summed E-state index contributed by atoms with van der Waals surface area (Å²) in [5.74, 6) is -0.576. The fourth-order valence-electron chi connectivity index (χ4n) is 3.97. The van der Waals surface area contributed by atoms with Crippen LogP contribution in [0.25, 0.3) is 0 Å². The molecule has 2 nitrogen and oxygen atoms in total. The Bertz CT molecular complexity index is 548. The average molecular weight is 353 g/mol. The van der Waals surface area contributed by atoms with Crippen molar-refractivity contribution in [3.05, 3.63) is 28.8 Å². The van der Waals surface area contributed by atoms with E-state index in [2.05, 4.69) is 0 Å². The average Bonchev–Trinajstić information content (AvgIpc) is 3.20. The predicted octanol–water partition coefficient (Wildman–Crippen LogP) is 6.12. The quantitative estimate of drug-likeness (QED) is 0.669. The molecule has 23 heavy (non-hydrogen) atoms.